The van der Waals surface area contributed by atoms with Gasteiger partial charge in [0.1, 0.15) is 7.05 Å². The van der Waals surface area contributed by atoms with Gasteiger partial charge in [0.15, 0.2) is 5.71 Å². The number of para-hydroxylation sites is 2. The van der Waals surface area contributed by atoms with Crippen LogP contribution in [-0.4, -0.2) is 22.3 Å². The minimum atomic E-state index is 0.0218. The second-order valence-corrected chi connectivity index (χ2v) is 6.71. The first-order valence-electron chi connectivity index (χ1n) is 8.04. The van der Waals surface area contributed by atoms with Gasteiger partial charge in [-0.25, -0.2) is 0 Å². The van der Waals surface area contributed by atoms with E-state index in [-0.39, 0.29) is 5.41 Å². The number of hydrogen-bond acceptors (Lipinski definition) is 0. The minimum Gasteiger partial charge on any atom is -0.361 e. The summed E-state index contributed by atoms with van der Waals surface area (Å²) in [4.78, 5) is 3.34. The van der Waals surface area contributed by atoms with E-state index < -0.39 is 0 Å². The molecule has 0 atom stereocenters. The molecule has 1 aliphatic rings. The molecule has 0 spiro atoms. The molecule has 3 aromatic rings. The van der Waals surface area contributed by atoms with E-state index in [9.17, 15) is 0 Å². The van der Waals surface area contributed by atoms with Crippen molar-refractivity contribution in [2.75, 3.05) is 7.05 Å². The van der Waals surface area contributed by atoms with Crippen molar-refractivity contribution < 1.29 is 4.58 Å². The summed E-state index contributed by atoms with van der Waals surface area (Å²) in [6.45, 7) is 4.59. The van der Waals surface area contributed by atoms with Crippen LogP contribution in [0.1, 0.15) is 25.0 Å². The molecule has 0 amide bonds. The molecule has 0 saturated heterocycles. The van der Waals surface area contributed by atoms with Gasteiger partial charge < -0.3 is 4.98 Å². The topological polar surface area (TPSA) is 18.8 Å². The second-order valence-electron chi connectivity index (χ2n) is 6.71. The van der Waals surface area contributed by atoms with Gasteiger partial charge in [0.25, 0.3) is 0 Å². The van der Waals surface area contributed by atoms with Crippen LogP contribution in [0.4, 0.5) is 5.69 Å². The number of hydrogen-bond donors (Lipinski definition) is 1. The zero-order chi connectivity index (χ0) is 16.0. The highest BCUT2D eigenvalue weighted by Gasteiger charge is 2.42. The number of fused-ring (bicyclic) bond motifs is 2. The van der Waals surface area contributed by atoms with Crippen molar-refractivity contribution in [2.24, 2.45) is 0 Å². The maximum Gasteiger partial charge on any atom is 0.209 e. The van der Waals surface area contributed by atoms with Crippen LogP contribution >= 0.6 is 0 Å². The maximum absolute atomic E-state index is 3.34. The van der Waals surface area contributed by atoms with E-state index in [0.717, 1.165) is 0 Å². The summed E-state index contributed by atoms with van der Waals surface area (Å²) in [5.41, 5.74) is 6.45. The standard InChI is InChI=1S/C21H20N2/c1-21(2)17-9-5-7-11-19(17)23(3)20(21)13-12-15-14-22-18-10-6-4-8-16(15)18/h4-14H,1-3H3/p+1. The quantitative estimate of drug-likeness (QED) is 0.650. The average molecular weight is 301 g/mol. The zero-order valence-electron chi connectivity index (χ0n) is 13.8. The van der Waals surface area contributed by atoms with Gasteiger partial charge in [-0.1, -0.05) is 36.4 Å². The Labute approximate surface area is 136 Å². The Bertz CT molecular complexity index is 955. The number of nitrogens with zero attached hydrogens (tertiary/aromatic N) is 1. The molecule has 23 heavy (non-hydrogen) atoms. The number of rotatable bonds is 2. The van der Waals surface area contributed by atoms with Crippen LogP contribution in [0.15, 0.2) is 60.8 Å². The van der Waals surface area contributed by atoms with Crippen LogP contribution in [0.2, 0.25) is 0 Å². The molecule has 2 heteroatoms. The molecule has 0 fully saturated rings. The molecule has 114 valence electrons. The van der Waals surface area contributed by atoms with Gasteiger partial charge in [-0.05, 0) is 31.6 Å². The average Bonchev–Trinajstić information content (AvgIpc) is 3.05. The van der Waals surface area contributed by atoms with Crippen molar-refractivity contribution in [3.05, 3.63) is 71.9 Å². The summed E-state index contributed by atoms with van der Waals surface area (Å²) < 4.78 is 2.31. The molecule has 0 aliphatic carbocycles. The molecule has 0 unspecified atom stereocenters. The lowest BCUT2D eigenvalue weighted by Crippen LogP contribution is -2.26. The molecule has 2 aromatic carbocycles. The first-order valence-corrected chi connectivity index (χ1v) is 8.04. The molecule has 1 aromatic heterocycles. The predicted octanol–water partition coefficient (Wildman–Crippen LogP) is 4.89. The Morgan fingerprint density at radius 2 is 1.70 bits per heavy atom. The lowest BCUT2D eigenvalue weighted by Gasteiger charge is -2.15. The van der Waals surface area contributed by atoms with Gasteiger partial charge in [0, 0.05) is 34.8 Å². The Balaban J connectivity index is 1.79. The van der Waals surface area contributed by atoms with Crippen molar-refractivity contribution in [2.45, 2.75) is 19.3 Å². The van der Waals surface area contributed by atoms with E-state index in [0.29, 0.717) is 0 Å². The number of nitrogens with one attached hydrogen (secondary N) is 1. The second kappa shape index (κ2) is 4.95. The summed E-state index contributed by atoms with van der Waals surface area (Å²) in [5, 5.41) is 1.26. The normalized spacial score (nSPS) is 16.5. The fourth-order valence-corrected chi connectivity index (χ4v) is 3.70. The Kier molecular flexibility index (Phi) is 3.02. The van der Waals surface area contributed by atoms with E-state index in [1.54, 1.807) is 0 Å². The number of benzene rings is 2. The summed E-state index contributed by atoms with van der Waals surface area (Å²) in [5.74, 6) is 0. The third kappa shape index (κ3) is 2.06. The zero-order valence-corrected chi connectivity index (χ0v) is 13.8. The van der Waals surface area contributed by atoms with Crippen LogP contribution in [0.25, 0.3) is 17.0 Å². The number of allylic oxidation sites excluding steroid dienone is 1. The minimum absolute atomic E-state index is 0.0218. The Morgan fingerprint density at radius 3 is 2.52 bits per heavy atom. The van der Waals surface area contributed by atoms with Gasteiger partial charge in [0.2, 0.25) is 5.69 Å². The van der Waals surface area contributed by atoms with Crippen molar-refractivity contribution >= 4 is 28.4 Å². The highest BCUT2D eigenvalue weighted by Crippen LogP contribution is 2.39. The molecule has 0 bridgehead atoms. The van der Waals surface area contributed by atoms with Crippen molar-refractivity contribution in [3.8, 4) is 0 Å². The molecule has 2 nitrogen and oxygen atoms in total. The molecule has 0 radical (unpaired) electrons. The molecule has 2 heterocycles. The van der Waals surface area contributed by atoms with Crippen LogP contribution in [0.3, 0.4) is 0 Å². The smallest absolute Gasteiger partial charge is 0.209 e. The Hall–Kier alpha value is -2.61. The van der Waals surface area contributed by atoms with E-state index in [1.165, 1.54) is 33.4 Å². The van der Waals surface area contributed by atoms with Crippen LogP contribution in [-0.2, 0) is 5.41 Å². The highest BCUT2D eigenvalue weighted by atomic mass is 15.0. The molecular weight excluding hydrogens is 280 g/mol. The van der Waals surface area contributed by atoms with Gasteiger partial charge >= 0.3 is 0 Å². The molecule has 4 rings (SSSR count). The van der Waals surface area contributed by atoms with Gasteiger partial charge in [-0.2, -0.15) is 4.58 Å². The lowest BCUT2D eigenvalue weighted by molar-refractivity contribution is -0.401. The molecular formula is C21H21N2+. The van der Waals surface area contributed by atoms with E-state index in [2.05, 4.69) is 97.3 Å². The van der Waals surface area contributed by atoms with Crippen LogP contribution in [0, 0.1) is 0 Å². The predicted molar refractivity (Wildman–Crippen MR) is 97.7 cm³/mol. The van der Waals surface area contributed by atoms with Crippen LogP contribution in [0.5, 0.6) is 0 Å². The lowest BCUT2D eigenvalue weighted by atomic mass is 9.81. The van der Waals surface area contributed by atoms with Crippen molar-refractivity contribution in [1.82, 2.24) is 4.98 Å². The molecule has 1 N–H and O–H groups in total. The van der Waals surface area contributed by atoms with E-state index in [1.807, 2.05) is 0 Å². The molecule has 1 aliphatic heterocycles. The maximum atomic E-state index is 3.34. The van der Waals surface area contributed by atoms with Crippen molar-refractivity contribution in [3.63, 3.8) is 0 Å². The summed E-state index contributed by atoms with van der Waals surface area (Å²) in [6, 6.07) is 17.1. The van der Waals surface area contributed by atoms with E-state index >= 15 is 0 Å². The monoisotopic (exact) mass is 301 g/mol. The highest BCUT2D eigenvalue weighted by molar-refractivity contribution is 6.06. The molecule has 0 saturated carbocycles. The number of aromatic amines is 1. The van der Waals surface area contributed by atoms with Crippen LogP contribution < -0.4 is 0 Å². The fourth-order valence-electron chi connectivity index (χ4n) is 3.70. The fraction of sp³-hybridized carbons (Fsp3) is 0.190. The Morgan fingerprint density at radius 1 is 0.957 bits per heavy atom. The number of aromatic nitrogens is 1. The first-order chi connectivity index (χ1) is 11.1. The van der Waals surface area contributed by atoms with Gasteiger partial charge in [-0.15, -0.1) is 0 Å². The third-order valence-electron chi connectivity index (χ3n) is 4.98. The first kappa shape index (κ1) is 14.0. The third-order valence-corrected chi connectivity index (χ3v) is 4.98. The SMILES string of the molecule is C[N+]1=C(C=Cc2c[nH]c3ccccc23)C(C)(C)c2ccccc21. The summed E-state index contributed by atoms with van der Waals surface area (Å²) >= 11 is 0. The van der Waals surface area contributed by atoms with Gasteiger partial charge in [-0.3, -0.25) is 0 Å². The van der Waals surface area contributed by atoms with Gasteiger partial charge in [0.05, 0.1) is 5.41 Å². The largest absolute Gasteiger partial charge is 0.361 e. The number of H-pyrrole nitrogens is 1. The summed E-state index contributed by atoms with van der Waals surface area (Å²) in [7, 11) is 2.16. The van der Waals surface area contributed by atoms with Crippen molar-refractivity contribution in [1.29, 1.82) is 0 Å². The van der Waals surface area contributed by atoms with E-state index in [4.69, 9.17) is 0 Å². The summed E-state index contributed by atoms with van der Waals surface area (Å²) in [6.07, 6.45) is 6.56.